The minimum absolute atomic E-state index is 0.0705. The third-order valence-electron chi connectivity index (χ3n) is 3.38. The van der Waals surface area contributed by atoms with Crippen LogP contribution in [0.5, 0.6) is 0 Å². The summed E-state index contributed by atoms with van der Waals surface area (Å²) < 4.78 is 0. The Kier molecular flexibility index (Phi) is 6.21. The standard InChI is InChI=1S/C18H20ClN3O2/c1-12(2)16(17(23)20-15-10-8-13(19)9-11-15)22-18(24)21-14-6-4-3-5-7-14/h3-12,16H,1-2H3,(H,20,23)(H2,21,22,24)/t16-/m1/s1. The maximum Gasteiger partial charge on any atom is 0.319 e. The van der Waals surface area contributed by atoms with E-state index >= 15 is 0 Å². The molecule has 0 saturated heterocycles. The van der Waals surface area contributed by atoms with Gasteiger partial charge in [-0.2, -0.15) is 0 Å². The van der Waals surface area contributed by atoms with E-state index in [4.69, 9.17) is 11.6 Å². The second-order valence-corrected chi connectivity index (χ2v) is 6.12. The highest BCUT2D eigenvalue weighted by Crippen LogP contribution is 2.15. The molecule has 3 N–H and O–H groups in total. The first-order chi connectivity index (χ1) is 11.5. The molecule has 0 fully saturated rings. The molecular formula is C18H20ClN3O2. The molecule has 6 heteroatoms. The number of benzene rings is 2. The molecule has 0 aliphatic rings. The number of anilines is 2. The lowest BCUT2D eigenvalue weighted by molar-refractivity contribution is -0.118. The van der Waals surface area contributed by atoms with Crippen molar-refractivity contribution in [1.29, 1.82) is 0 Å². The van der Waals surface area contributed by atoms with Gasteiger partial charge in [-0.05, 0) is 42.3 Å². The largest absolute Gasteiger partial charge is 0.326 e. The van der Waals surface area contributed by atoms with Crippen molar-refractivity contribution in [3.8, 4) is 0 Å². The number of amides is 3. The summed E-state index contributed by atoms with van der Waals surface area (Å²) in [5.41, 5.74) is 1.29. The Morgan fingerprint density at radius 1 is 0.875 bits per heavy atom. The van der Waals surface area contributed by atoms with Crippen molar-refractivity contribution in [3.05, 3.63) is 59.6 Å². The molecule has 0 spiro atoms. The molecule has 0 radical (unpaired) electrons. The molecule has 126 valence electrons. The van der Waals surface area contributed by atoms with Gasteiger partial charge in [-0.3, -0.25) is 4.79 Å². The summed E-state index contributed by atoms with van der Waals surface area (Å²) in [6.45, 7) is 3.74. The minimum Gasteiger partial charge on any atom is -0.326 e. The number of carbonyl (C=O) groups is 2. The summed E-state index contributed by atoms with van der Waals surface area (Å²) in [6, 6.07) is 14.8. The molecule has 24 heavy (non-hydrogen) atoms. The van der Waals surface area contributed by atoms with E-state index in [1.807, 2.05) is 32.0 Å². The van der Waals surface area contributed by atoms with Crippen molar-refractivity contribution in [1.82, 2.24) is 5.32 Å². The molecule has 0 heterocycles. The van der Waals surface area contributed by atoms with Gasteiger partial charge in [0.15, 0.2) is 0 Å². The van der Waals surface area contributed by atoms with E-state index in [0.29, 0.717) is 16.4 Å². The molecule has 0 aliphatic heterocycles. The van der Waals surface area contributed by atoms with E-state index in [1.165, 1.54) is 0 Å². The van der Waals surface area contributed by atoms with Gasteiger partial charge >= 0.3 is 6.03 Å². The summed E-state index contributed by atoms with van der Waals surface area (Å²) in [4.78, 5) is 24.5. The highest BCUT2D eigenvalue weighted by Gasteiger charge is 2.24. The Hall–Kier alpha value is -2.53. The molecule has 0 unspecified atom stereocenters. The number of hydrogen-bond donors (Lipinski definition) is 3. The molecule has 0 aliphatic carbocycles. The molecule has 2 rings (SSSR count). The van der Waals surface area contributed by atoms with Gasteiger partial charge in [0, 0.05) is 16.4 Å². The van der Waals surface area contributed by atoms with Crippen LogP contribution in [0.25, 0.3) is 0 Å². The summed E-state index contributed by atoms with van der Waals surface area (Å²) in [6.07, 6.45) is 0. The van der Waals surface area contributed by atoms with Crippen LogP contribution in [0.2, 0.25) is 5.02 Å². The van der Waals surface area contributed by atoms with Crippen molar-refractivity contribution in [2.75, 3.05) is 10.6 Å². The number of hydrogen-bond acceptors (Lipinski definition) is 2. The van der Waals surface area contributed by atoms with E-state index in [2.05, 4.69) is 16.0 Å². The van der Waals surface area contributed by atoms with Gasteiger partial charge in [-0.1, -0.05) is 43.6 Å². The average Bonchev–Trinajstić information content (AvgIpc) is 2.55. The predicted molar refractivity (Wildman–Crippen MR) is 97.3 cm³/mol. The average molecular weight is 346 g/mol. The number of halogens is 1. The van der Waals surface area contributed by atoms with Crippen LogP contribution >= 0.6 is 11.6 Å². The monoisotopic (exact) mass is 345 g/mol. The summed E-state index contributed by atoms with van der Waals surface area (Å²) in [5, 5.41) is 8.79. The van der Waals surface area contributed by atoms with Gasteiger partial charge in [0.1, 0.15) is 6.04 Å². The molecule has 0 saturated carbocycles. The smallest absolute Gasteiger partial charge is 0.319 e. The van der Waals surface area contributed by atoms with Gasteiger partial charge in [-0.15, -0.1) is 0 Å². The topological polar surface area (TPSA) is 70.2 Å². The fourth-order valence-electron chi connectivity index (χ4n) is 2.12. The third kappa shape index (κ3) is 5.28. The molecule has 3 amide bonds. The van der Waals surface area contributed by atoms with Crippen molar-refractivity contribution >= 4 is 34.9 Å². The fourth-order valence-corrected chi connectivity index (χ4v) is 2.24. The van der Waals surface area contributed by atoms with Crippen LogP contribution < -0.4 is 16.0 Å². The van der Waals surface area contributed by atoms with Gasteiger partial charge in [0.05, 0.1) is 0 Å². The first kappa shape index (κ1) is 17.8. The first-order valence-electron chi connectivity index (χ1n) is 7.64. The number of para-hydroxylation sites is 1. The van der Waals surface area contributed by atoms with Crippen LogP contribution in [0.3, 0.4) is 0 Å². The Morgan fingerprint density at radius 3 is 2.04 bits per heavy atom. The van der Waals surface area contributed by atoms with E-state index < -0.39 is 12.1 Å². The molecular weight excluding hydrogens is 326 g/mol. The van der Waals surface area contributed by atoms with Gasteiger partial charge < -0.3 is 16.0 Å². The molecule has 5 nitrogen and oxygen atoms in total. The SMILES string of the molecule is CC(C)[C@@H](NC(=O)Nc1ccccc1)C(=O)Nc1ccc(Cl)cc1. The van der Waals surface area contributed by atoms with E-state index in [1.54, 1.807) is 36.4 Å². The Labute approximate surface area is 146 Å². The lowest BCUT2D eigenvalue weighted by Crippen LogP contribution is -2.48. The van der Waals surface area contributed by atoms with Crippen LogP contribution in [0.15, 0.2) is 54.6 Å². The molecule has 1 atom stereocenters. The highest BCUT2D eigenvalue weighted by molar-refractivity contribution is 6.30. The number of rotatable bonds is 5. The van der Waals surface area contributed by atoms with E-state index in [0.717, 1.165) is 0 Å². The fraction of sp³-hybridized carbons (Fsp3) is 0.222. The van der Waals surface area contributed by atoms with Crippen molar-refractivity contribution in [2.45, 2.75) is 19.9 Å². The Bertz CT molecular complexity index is 687. The zero-order valence-electron chi connectivity index (χ0n) is 13.5. The third-order valence-corrected chi connectivity index (χ3v) is 3.63. The number of urea groups is 1. The maximum atomic E-state index is 12.4. The van der Waals surface area contributed by atoms with Crippen molar-refractivity contribution < 1.29 is 9.59 Å². The lowest BCUT2D eigenvalue weighted by atomic mass is 10.0. The van der Waals surface area contributed by atoms with Crippen LogP contribution in [0.4, 0.5) is 16.2 Å². The molecule has 2 aromatic rings. The van der Waals surface area contributed by atoms with Gasteiger partial charge in [-0.25, -0.2) is 4.79 Å². The second-order valence-electron chi connectivity index (χ2n) is 5.68. The molecule has 2 aromatic carbocycles. The van der Waals surface area contributed by atoms with Crippen LogP contribution in [-0.2, 0) is 4.79 Å². The van der Waals surface area contributed by atoms with Crippen LogP contribution in [0, 0.1) is 5.92 Å². The van der Waals surface area contributed by atoms with Crippen molar-refractivity contribution in [2.24, 2.45) is 5.92 Å². The summed E-state index contributed by atoms with van der Waals surface area (Å²) in [5.74, 6) is -0.352. The Morgan fingerprint density at radius 2 is 1.46 bits per heavy atom. The molecule has 0 bridgehead atoms. The number of carbonyl (C=O) groups excluding carboxylic acids is 2. The number of nitrogens with one attached hydrogen (secondary N) is 3. The lowest BCUT2D eigenvalue weighted by Gasteiger charge is -2.22. The summed E-state index contributed by atoms with van der Waals surface area (Å²) >= 11 is 5.83. The maximum absolute atomic E-state index is 12.4. The normalized spacial score (nSPS) is 11.7. The second kappa shape index (κ2) is 8.36. The highest BCUT2D eigenvalue weighted by atomic mass is 35.5. The van der Waals surface area contributed by atoms with Crippen LogP contribution in [-0.4, -0.2) is 18.0 Å². The minimum atomic E-state index is -0.663. The molecule has 0 aromatic heterocycles. The first-order valence-corrected chi connectivity index (χ1v) is 8.02. The zero-order valence-corrected chi connectivity index (χ0v) is 14.3. The van der Waals surface area contributed by atoms with Crippen molar-refractivity contribution in [3.63, 3.8) is 0 Å². The summed E-state index contributed by atoms with van der Waals surface area (Å²) in [7, 11) is 0. The Balaban J connectivity index is 1.98. The van der Waals surface area contributed by atoms with Crippen LogP contribution in [0.1, 0.15) is 13.8 Å². The quantitative estimate of drug-likeness (QED) is 0.762. The predicted octanol–water partition coefficient (Wildman–Crippen LogP) is 4.12. The van der Waals surface area contributed by atoms with E-state index in [9.17, 15) is 9.59 Å². The van der Waals surface area contributed by atoms with Gasteiger partial charge in [0.25, 0.3) is 0 Å². The van der Waals surface area contributed by atoms with Gasteiger partial charge in [0.2, 0.25) is 5.91 Å². The zero-order chi connectivity index (χ0) is 17.5. The van der Waals surface area contributed by atoms with E-state index in [-0.39, 0.29) is 11.8 Å².